The molecule has 0 saturated heterocycles. The number of rotatable bonds is 6. The molecule has 1 aromatic rings. The lowest BCUT2D eigenvalue weighted by Gasteiger charge is -2.18. The van der Waals surface area contributed by atoms with Crippen LogP contribution >= 0.6 is 0 Å². The Bertz CT molecular complexity index is 366. The minimum atomic E-state index is -2.77. The molecule has 1 unspecified atom stereocenters. The topological polar surface area (TPSA) is 21.3 Å². The summed E-state index contributed by atoms with van der Waals surface area (Å²) in [6, 6.07) is 7.20. The van der Waals surface area contributed by atoms with Gasteiger partial charge in [0.05, 0.1) is 0 Å². The van der Waals surface area contributed by atoms with Crippen molar-refractivity contribution >= 4 is 5.69 Å². The summed E-state index contributed by atoms with van der Waals surface area (Å²) in [5, 5.41) is 3.38. The maximum Gasteiger partial charge on any atom is 0.387 e. The third kappa shape index (κ3) is 3.58. The fourth-order valence-corrected chi connectivity index (χ4v) is 2.03. The van der Waals surface area contributed by atoms with Crippen LogP contribution in [0.2, 0.25) is 0 Å². The molecule has 0 aliphatic heterocycles. The van der Waals surface area contributed by atoms with Crippen LogP contribution in [0.25, 0.3) is 0 Å². The lowest BCUT2D eigenvalue weighted by atomic mass is 10.1. The van der Waals surface area contributed by atoms with Gasteiger partial charge in [0.1, 0.15) is 5.75 Å². The number of hydrogen-bond acceptors (Lipinski definition) is 2. The van der Waals surface area contributed by atoms with E-state index in [-0.39, 0.29) is 5.75 Å². The molecule has 0 amide bonds. The van der Waals surface area contributed by atoms with Gasteiger partial charge in [0.2, 0.25) is 0 Å². The van der Waals surface area contributed by atoms with Gasteiger partial charge in [-0.2, -0.15) is 8.78 Å². The Morgan fingerprint density at radius 3 is 2.76 bits per heavy atom. The molecule has 1 aromatic carbocycles. The largest absolute Gasteiger partial charge is 0.435 e. The van der Waals surface area contributed by atoms with Gasteiger partial charge in [0, 0.05) is 17.8 Å². The second-order valence-electron chi connectivity index (χ2n) is 4.40. The molecule has 4 heteroatoms. The maximum absolute atomic E-state index is 12.1. The van der Waals surface area contributed by atoms with Gasteiger partial charge in [0.15, 0.2) is 0 Å². The van der Waals surface area contributed by atoms with Crippen molar-refractivity contribution in [2.24, 2.45) is 5.92 Å². The number of halogens is 2. The number of nitrogens with one attached hydrogen (secondary N) is 1. The summed E-state index contributed by atoms with van der Waals surface area (Å²) < 4.78 is 28.5. The van der Waals surface area contributed by atoms with E-state index >= 15 is 0 Å². The van der Waals surface area contributed by atoms with Crippen LogP contribution in [-0.2, 0) is 0 Å². The third-order valence-electron chi connectivity index (χ3n) is 3.04. The van der Waals surface area contributed by atoms with Gasteiger partial charge in [0.25, 0.3) is 0 Å². The highest BCUT2D eigenvalue weighted by atomic mass is 19.3. The summed E-state index contributed by atoms with van der Waals surface area (Å²) in [5.41, 5.74) is 0.849. The van der Waals surface area contributed by atoms with Crippen LogP contribution in [0.5, 0.6) is 5.75 Å². The Labute approximate surface area is 100.0 Å². The van der Waals surface area contributed by atoms with Gasteiger partial charge in [-0.1, -0.05) is 13.0 Å². The molecule has 2 nitrogen and oxygen atoms in total. The Morgan fingerprint density at radius 1 is 1.41 bits per heavy atom. The average Bonchev–Trinajstić information content (AvgIpc) is 3.09. The predicted octanol–water partition coefficient (Wildman–Crippen LogP) is 3.89. The minimum Gasteiger partial charge on any atom is -0.435 e. The molecule has 1 fully saturated rings. The van der Waals surface area contributed by atoms with Crippen LogP contribution in [0.3, 0.4) is 0 Å². The second kappa shape index (κ2) is 5.34. The highest BCUT2D eigenvalue weighted by Gasteiger charge is 2.29. The lowest BCUT2D eigenvalue weighted by Crippen LogP contribution is -2.20. The van der Waals surface area contributed by atoms with E-state index < -0.39 is 6.61 Å². The van der Waals surface area contributed by atoms with Crippen molar-refractivity contribution in [3.05, 3.63) is 24.3 Å². The molecule has 1 aliphatic carbocycles. The third-order valence-corrected chi connectivity index (χ3v) is 3.04. The normalized spacial score (nSPS) is 16.9. The Morgan fingerprint density at radius 2 is 2.18 bits per heavy atom. The molecule has 17 heavy (non-hydrogen) atoms. The first kappa shape index (κ1) is 12.1. The first-order valence-electron chi connectivity index (χ1n) is 6.00. The van der Waals surface area contributed by atoms with E-state index in [1.807, 2.05) is 6.07 Å². The van der Waals surface area contributed by atoms with Crippen LogP contribution in [0.15, 0.2) is 24.3 Å². The average molecular weight is 241 g/mol. The molecule has 1 atom stereocenters. The molecule has 0 radical (unpaired) electrons. The van der Waals surface area contributed by atoms with Gasteiger partial charge in [-0.15, -0.1) is 0 Å². The number of anilines is 1. The van der Waals surface area contributed by atoms with Crippen molar-refractivity contribution in [3.63, 3.8) is 0 Å². The quantitative estimate of drug-likeness (QED) is 0.815. The highest BCUT2D eigenvalue weighted by molar-refractivity contribution is 5.49. The van der Waals surface area contributed by atoms with E-state index in [0.717, 1.165) is 18.0 Å². The zero-order chi connectivity index (χ0) is 12.3. The first-order chi connectivity index (χ1) is 8.19. The van der Waals surface area contributed by atoms with Crippen molar-refractivity contribution < 1.29 is 13.5 Å². The highest BCUT2D eigenvalue weighted by Crippen LogP contribution is 2.35. The van der Waals surface area contributed by atoms with Gasteiger partial charge in [-0.25, -0.2) is 0 Å². The predicted molar refractivity (Wildman–Crippen MR) is 63.5 cm³/mol. The van der Waals surface area contributed by atoms with Gasteiger partial charge in [-0.3, -0.25) is 0 Å². The van der Waals surface area contributed by atoms with E-state index in [1.165, 1.54) is 18.9 Å². The molecule has 94 valence electrons. The maximum atomic E-state index is 12.1. The van der Waals surface area contributed by atoms with E-state index in [2.05, 4.69) is 17.0 Å². The van der Waals surface area contributed by atoms with Gasteiger partial charge >= 0.3 is 6.61 Å². The van der Waals surface area contributed by atoms with E-state index in [4.69, 9.17) is 0 Å². The number of benzene rings is 1. The summed E-state index contributed by atoms with van der Waals surface area (Å²) in [5.74, 6) is 0.940. The molecule has 1 N–H and O–H groups in total. The number of alkyl halides is 2. The van der Waals surface area contributed by atoms with Crippen molar-refractivity contribution in [1.29, 1.82) is 0 Å². The van der Waals surface area contributed by atoms with E-state index in [0.29, 0.717) is 6.04 Å². The van der Waals surface area contributed by atoms with Crippen LogP contribution < -0.4 is 10.1 Å². The monoisotopic (exact) mass is 241 g/mol. The summed E-state index contributed by atoms with van der Waals surface area (Å²) in [6.45, 7) is -0.633. The van der Waals surface area contributed by atoms with Crippen LogP contribution in [-0.4, -0.2) is 12.7 Å². The first-order valence-corrected chi connectivity index (χ1v) is 6.00. The van der Waals surface area contributed by atoms with E-state index in [1.54, 1.807) is 12.1 Å². The molecule has 1 aliphatic rings. The summed E-state index contributed by atoms with van der Waals surface area (Å²) in [6.07, 6.45) is 3.57. The van der Waals surface area contributed by atoms with Crippen molar-refractivity contribution in [1.82, 2.24) is 0 Å². The smallest absolute Gasteiger partial charge is 0.387 e. The van der Waals surface area contributed by atoms with Crippen LogP contribution in [0.4, 0.5) is 14.5 Å². The second-order valence-corrected chi connectivity index (χ2v) is 4.40. The minimum absolute atomic E-state index is 0.204. The molecule has 0 spiro atoms. The van der Waals surface area contributed by atoms with Crippen molar-refractivity contribution in [3.8, 4) is 5.75 Å². The molecule has 0 bridgehead atoms. The summed E-state index contributed by atoms with van der Waals surface area (Å²) in [7, 11) is 0. The summed E-state index contributed by atoms with van der Waals surface area (Å²) >= 11 is 0. The zero-order valence-corrected chi connectivity index (χ0v) is 9.83. The molecule has 0 heterocycles. The van der Waals surface area contributed by atoms with E-state index in [9.17, 15) is 8.78 Å². The zero-order valence-electron chi connectivity index (χ0n) is 9.83. The summed E-state index contributed by atoms with van der Waals surface area (Å²) in [4.78, 5) is 0. The molecular formula is C13H17F2NO. The lowest BCUT2D eigenvalue weighted by molar-refractivity contribution is -0.0498. The molecular weight excluding hydrogens is 224 g/mol. The molecule has 1 saturated carbocycles. The molecule has 2 rings (SSSR count). The van der Waals surface area contributed by atoms with Gasteiger partial charge in [-0.05, 0) is 37.3 Å². The Hall–Kier alpha value is -1.32. The standard InChI is InChI=1S/C13H17F2NO/c1-2-12(9-6-7-9)16-10-4-3-5-11(8-10)17-13(14)15/h3-5,8-9,12-13,16H,2,6-7H2,1H3. The van der Waals surface area contributed by atoms with Crippen LogP contribution in [0, 0.1) is 5.92 Å². The number of ether oxygens (including phenoxy) is 1. The fraction of sp³-hybridized carbons (Fsp3) is 0.538. The number of hydrogen-bond donors (Lipinski definition) is 1. The van der Waals surface area contributed by atoms with Crippen molar-refractivity contribution in [2.75, 3.05) is 5.32 Å². The van der Waals surface area contributed by atoms with Crippen LogP contribution in [0.1, 0.15) is 26.2 Å². The molecule has 0 aromatic heterocycles. The van der Waals surface area contributed by atoms with Gasteiger partial charge < -0.3 is 10.1 Å². The Kier molecular flexibility index (Phi) is 3.82. The fourth-order valence-electron chi connectivity index (χ4n) is 2.03. The SMILES string of the molecule is CCC(Nc1cccc(OC(F)F)c1)C1CC1. The van der Waals surface area contributed by atoms with Crippen molar-refractivity contribution in [2.45, 2.75) is 38.8 Å². The Balaban J connectivity index is 1.99.